The van der Waals surface area contributed by atoms with E-state index in [0.717, 1.165) is 31.3 Å². The van der Waals surface area contributed by atoms with Crippen LogP contribution in [0.5, 0.6) is 0 Å². The molecule has 0 aliphatic heterocycles. The van der Waals surface area contributed by atoms with E-state index in [1.807, 2.05) is 48.5 Å². The number of aromatic nitrogens is 6. The molecule has 0 unspecified atom stereocenters. The maximum atomic E-state index is 12.4. The predicted molar refractivity (Wildman–Crippen MR) is 180 cm³/mol. The highest BCUT2D eigenvalue weighted by Crippen LogP contribution is 2.32. The summed E-state index contributed by atoms with van der Waals surface area (Å²) in [5.74, 6) is 1.29. The van der Waals surface area contributed by atoms with Gasteiger partial charge in [-0.1, -0.05) is 129 Å². The minimum atomic E-state index is -0.220. The van der Waals surface area contributed by atoms with Crippen LogP contribution in [0.25, 0.3) is 0 Å². The van der Waals surface area contributed by atoms with E-state index in [1.165, 1.54) is 81.1 Å². The predicted octanol–water partition coefficient (Wildman–Crippen LogP) is 7.59. The van der Waals surface area contributed by atoms with Gasteiger partial charge in [0.05, 0.1) is 11.5 Å². The van der Waals surface area contributed by atoms with Crippen LogP contribution in [0.3, 0.4) is 0 Å². The fraction of sp³-hybridized carbons (Fsp3) is 0.167. The van der Waals surface area contributed by atoms with Crippen LogP contribution in [-0.4, -0.2) is 53.9 Å². The lowest BCUT2D eigenvalue weighted by molar-refractivity contribution is -0.114. The Kier molecular flexibility index (Phi) is 12.4. The Morgan fingerprint density at radius 2 is 0.930 bits per heavy atom. The third kappa shape index (κ3) is 10.9. The fourth-order valence-corrected chi connectivity index (χ4v) is 9.29. The Morgan fingerprint density at radius 1 is 0.558 bits per heavy atom. The summed E-state index contributed by atoms with van der Waals surface area (Å²) >= 11 is 21.4. The van der Waals surface area contributed by atoms with Crippen LogP contribution >= 0.6 is 104 Å². The summed E-state index contributed by atoms with van der Waals surface area (Å²) in [7, 11) is 0. The third-order valence-corrected chi connectivity index (χ3v) is 12.7. The molecule has 0 spiro atoms. The quantitative estimate of drug-likeness (QED) is 0.0856. The van der Waals surface area contributed by atoms with Gasteiger partial charge in [-0.2, -0.15) is 0 Å². The summed E-state index contributed by atoms with van der Waals surface area (Å²) in [5, 5.41) is 32.3. The van der Waals surface area contributed by atoms with Crippen LogP contribution in [0.15, 0.2) is 65.9 Å². The van der Waals surface area contributed by atoms with Crippen molar-refractivity contribution in [3.63, 3.8) is 0 Å². The van der Waals surface area contributed by atoms with Crippen molar-refractivity contribution in [1.29, 1.82) is 0 Å². The number of hydrogen-bond acceptors (Lipinski definition) is 15. The molecular formula is C24H18Cl2N8O2S7. The molecule has 2 aromatic carbocycles. The van der Waals surface area contributed by atoms with Gasteiger partial charge in [-0.15, -0.1) is 30.6 Å². The molecule has 19 heteroatoms. The normalized spacial score (nSPS) is 11.0. The largest absolute Gasteiger partial charge is 0.300 e. The first kappa shape index (κ1) is 32.4. The van der Waals surface area contributed by atoms with Gasteiger partial charge in [0.25, 0.3) is 0 Å². The third-order valence-electron chi connectivity index (χ3n) is 4.90. The number of thioether (sulfide) groups is 4. The molecule has 2 N–H and O–H groups in total. The first-order valence-corrected chi connectivity index (χ1v) is 19.1. The van der Waals surface area contributed by atoms with E-state index in [9.17, 15) is 9.59 Å². The number of anilines is 2. The average molecular weight is 746 g/mol. The highest BCUT2D eigenvalue weighted by Gasteiger charge is 2.14. The Labute approximate surface area is 285 Å². The van der Waals surface area contributed by atoms with Crippen LogP contribution in [0.1, 0.15) is 11.1 Å². The smallest absolute Gasteiger partial charge is 0.236 e. The lowest BCUT2D eigenvalue weighted by Crippen LogP contribution is -2.13. The van der Waals surface area contributed by atoms with Crippen molar-refractivity contribution in [3.8, 4) is 0 Å². The summed E-state index contributed by atoms with van der Waals surface area (Å²) < 4.78 is 2.77. The number of benzene rings is 2. The van der Waals surface area contributed by atoms with E-state index < -0.39 is 0 Å². The van der Waals surface area contributed by atoms with Gasteiger partial charge in [0, 0.05) is 21.6 Å². The van der Waals surface area contributed by atoms with Crippen molar-refractivity contribution < 1.29 is 9.59 Å². The standard InChI is InChI=1S/C24H18Cl2N8O2S7/c25-15-5-1-13(2-6-15)9-37-21-31-29-19(41-21)27-17(35)11-39-23-33-34-24(43-23)40-12-18(36)28-20-30-32-22(42-20)38-10-14-3-7-16(26)8-4-14/h1-8H,9-12H2,(H,27,29,35)(H,28,30,36). The minimum absolute atomic E-state index is 0.141. The second-order valence-electron chi connectivity index (χ2n) is 8.08. The first-order chi connectivity index (χ1) is 20.9. The molecule has 0 radical (unpaired) electrons. The maximum Gasteiger partial charge on any atom is 0.236 e. The van der Waals surface area contributed by atoms with Gasteiger partial charge in [-0.3, -0.25) is 20.2 Å². The average Bonchev–Trinajstić information content (AvgIpc) is 3.76. The van der Waals surface area contributed by atoms with Crippen molar-refractivity contribution in [1.82, 2.24) is 30.6 Å². The van der Waals surface area contributed by atoms with Crippen LogP contribution in [-0.2, 0) is 21.1 Å². The highest BCUT2D eigenvalue weighted by molar-refractivity contribution is 8.04. The van der Waals surface area contributed by atoms with Gasteiger partial charge < -0.3 is 0 Å². The SMILES string of the molecule is O=C(CSc1nnc(SCC(=O)Nc2nnc(SCc3ccc(Cl)cc3)s2)s1)Nc1nnc(SCc2ccc(Cl)cc2)s1. The van der Waals surface area contributed by atoms with Crippen molar-refractivity contribution >= 4 is 126 Å². The molecule has 0 saturated heterocycles. The summed E-state index contributed by atoms with van der Waals surface area (Å²) in [6, 6.07) is 15.2. The van der Waals surface area contributed by atoms with Gasteiger partial charge in [0.1, 0.15) is 0 Å². The molecule has 0 aliphatic rings. The van der Waals surface area contributed by atoms with Gasteiger partial charge in [0.15, 0.2) is 17.4 Å². The molecule has 0 saturated carbocycles. The van der Waals surface area contributed by atoms with Gasteiger partial charge >= 0.3 is 0 Å². The van der Waals surface area contributed by atoms with Crippen molar-refractivity contribution in [3.05, 3.63) is 69.7 Å². The molecule has 3 heterocycles. The Balaban J connectivity index is 0.984. The second-order valence-corrected chi connectivity index (χ2v) is 16.8. The monoisotopic (exact) mass is 744 g/mol. The zero-order valence-electron chi connectivity index (χ0n) is 21.6. The summed E-state index contributed by atoms with van der Waals surface area (Å²) in [6.45, 7) is 0. The lowest BCUT2D eigenvalue weighted by atomic mass is 10.2. The highest BCUT2D eigenvalue weighted by atomic mass is 35.5. The first-order valence-electron chi connectivity index (χ1n) is 12.0. The molecular weight excluding hydrogens is 728 g/mol. The number of nitrogens with zero attached hydrogens (tertiary/aromatic N) is 6. The second kappa shape index (κ2) is 16.4. The summed E-state index contributed by atoms with van der Waals surface area (Å²) in [6.07, 6.45) is 0. The van der Waals surface area contributed by atoms with E-state index >= 15 is 0 Å². The van der Waals surface area contributed by atoms with Gasteiger partial charge in [-0.05, 0) is 35.4 Å². The molecule has 43 heavy (non-hydrogen) atoms. The Hall–Kier alpha value is -1.96. The number of halogens is 2. The Bertz CT molecular complexity index is 1540. The zero-order valence-corrected chi connectivity index (χ0v) is 28.8. The van der Waals surface area contributed by atoms with Crippen molar-refractivity contribution in [2.45, 2.75) is 28.9 Å². The van der Waals surface area contributed by atoms with Crippen LogP contribution in [0.2, 0.25) is 10.0 Å². The topological polar surface area (TPSA) is 136 Å². The number of rotatable bonds is 14. The van der Waals surface area contributed by atoms with Crippen molar-refractivity contribution in [2.24, 2.45) is 0 Å². The summed E-state index contributed by atoms with van der Waals surface area (Å²) in [4.78, 5) is 24.8. The molecule has 10 nitrogen and oxygen atoms in total. The summed E-state index contributed by atoms with van der Waals surface area (Å²) in [5.41, 5.74) is 2.24. The molecule has 0 aliphatic carbocycles. The number of carbonyl (C=O) groups excluding carboxylic acids is 2. The van der Waals surface area contributed by atoms with E-state index in [2.05, 4.69) is 41.2 Å². The maximum absolute atomic E-state index is 12.4. The van der Waals surface area contributed by atoms with Gasteiger partial charge in [0.2, 0.25) is 22.1 Å². The molecule has 5 aromatic rings. The number of amides is 2. The number of nitrogens with one attached hydrogen (secondary N) is 2. The zero-order chi connectivity index (χ0) is 30.0. The van der Waals surface area contributed by atoms with Crippen molar-refractivity contribution in [2.75, 3.05) is 22.1 Å². The molecule has 3 aromatic heterocycles. The lowest BCUT2D eigenvalue weighted by Gasteiger charge is -1.99. The fourth-order valence-electron chi connectivity index (χ4n) is 2.97. The minimum Gasteiger partial charge on any atom is -0.300 e. The van der Waals surface area contributed by atoms with Crippen LogP contribution in [0, 0.1) is 0 Å². The van der Waals surface area contributed by atoms with E-state index in [4.69, 9.17) is 23.2 Å². The van der Waals surface area contributed by atoms with E-state index in [1.54, 1.807) is 0 Å². The molecule has 222 valence electrons. The number of carbonyl (C=O) groups is 2. The van der Waals surface area contributed by atoms with Crippen LogP contribution < -0.4 is 10.6 Å². The molecule has 0 atom stereocenters. The van der Waals surface area contributed by atoms with Crippen LogP contribution in [0.4, 0.5) is 10.3 Å². The van der Waals surface area contributed by atoms with Gasteiger partial charge in [-0.25, -0.2) is 0 Å². The molecule has 2 amide bonds. The van der Waals surface area contributed by atoms with E-state index in [0.29, 0.717) is 29.0 Å². The van der Waals surface area contributed by atoms with E-state index in [-0.39, 0.29) is 23.3 Å². The number of hydrogen-bond donors (Lipinski definition) is 2. The molecule has 5 rings (SSSR count). The molecule has 0 bridgehead atoms. The molecule has 0 fully saturated rings. The Morgan fingerprint density at radius 3 is 1.35 bits per heavy atom.